The van der Waals surface area contributed by atoms with E-state index in [1.807, 2.05) is 18.2 Å². The number of para-hydroxylation sites is 1. The number of aromatic nitrogens is 2. The lowest BCUT2D eigenvalue weighted by molar-refractivity contribution is -0.580. The van der Waals surface area contributed by atoms with Gasteiger partial charge < -0.3 is 0 Å². The van der Waals surface area contributed by atoms with Crippen LogP contribution >= 0.6 is 0 Å². The lowest BCUT2D eigenvalue weighted by atomic mass is 9.87. The predicted octanol–water partition coefficient (Wildman–Crippen LogP) is 9.47. The van der Waals surface area contributed by atoms with Gasteiger partial charge in [-0.15, -0.1) is 0 Å². The van der Waals surface area contributed by atoms with Crippen molar-refractivity contribution >= 4 is 11.0 Å². The second-order valence-electron chi connectivity index (χ2n) is 11.3. The Morgan fingerprint density at radius 2 is 1.18 bits per heavy atom. The summed E-state index contributed by atoms with van der Waals surface area (Å²) in [7, 11) is 2.06. The number of benzene rings is 4. The van der Waals surface area contributed by atoms with Gasteiger partial charge >= 0.3 is 0 Å². The zero-order valence-electron chi connectivity index (χ0n) is 26.7. The van der Waals surface area contributed by atoms with Crippen molar-refractivity contribution in [1.82, 2.24) is 4.57 Å². The van der Waals surface area contributed by atoms with E-state index in [0.717, 1.165) is 22.5 Å². The van der Waals surface area contributed by atoms with Crippen LogP contribution < -0.4 is 4.57 Å². The van der Waals surface area contributed by atoms with Crippen LogP contribution in [0, 0.1) is 6.85 Å². The Morgan fingerprint density at radius 1 is 0.632 bits per heavy atom. The lowest BCUT2D eigenvalue weighted by Crippen LogP contribution is -2.39. The molecule has 0 spiro atoms. The molecule has 2 heteroatoms. The Morgan fingerprint density at radius 3 is 1.71 bits per heavy atom. The number of imidazole rings is 1. The molecule has 1 heterocycles. The van der Waals surface area contributed by atoms with Gasteiger partial charge in [0.15, 0.2) is 11.0 Å². The zero-order chi connectivity index (χ0) is 29.6. The molecule has 194 valence electrons. The van der Waals surface area contributed by atoms with Crippen LogP contribution in [-0.4, -0.2) is 4.57 Å². The summed E-state index contributed by atoms with van der Waals surface area (Å²) in [5, 5.41) is 0. The van der Waals surface area contributed by atoms with Crippen LogP contribution in [0.3, 0.4) is 0 Å². The van der Waals surface area contributed by atoms with E-state index in [0.29, 0.717) is 5.56 Å². The SMILES string of the molecule is [2H]C([2H])([2H])c1cccc2c1[n+](-c1c(C(C)C)cc(-c3ccc(-c4ccccc4)cc3)cc1C(C)C)c(C(C)C)n2C. The minimum Gasteiger partial charge on any atom is -0.229 e. The Hall–Kier alpha value is -3.65. The molecule has 0 unspecified atom stereocenters. The first-order valence-electron chi connectivity index (χ1n) is 15.3. The second-order valence-corrected chi connectivity index (χ2v) is 11.3. The molecule has 0 saturated heterocycles. The summed E-state index contributed by atoms with van der Waals surface area (Å²) < 4.78 is 29.7. The average molecular weight is 505 g/mol. The molecule has 5 aromatic rings. The molecule has 2 nitrogen and oxygen atoms in total. The minimum atomic E-state index is -2.23. The van der Waals surface area contributed by atoms with Crippen LogP contribution in [-0.2, 0) is 7.05 Å². The van der Waals surface area contributed by atoms with Crippen molar-refractivity contribution in [2.45, 2.75) is 66.1 Å². The highest BCUT2D eigenvalue weighted by Gasteiger charge is 2.32. The highest BCUT2D eigenvalue weighted by molar-refractivity contribution is 5.78. The van der Waals surface area contributed by atoms with Gasteiger partial charge in [-0.25, -0.2) is 4.57 Å². The molecule has 0 radical (unpaired) electrons. The summed E-state index contributed by atoms with van der Waals surface area (Å²) in [6, 6.07) is 29.6. The number of aryl methyl sites for hydroxylation is 2. The van der Waals surface area contributed by atoms with Gasteiger partial charge in [-0.3, -0.25) is 0 Å². The van der Waals surface area contributed by atoms with E-state index >= 15 is 0 Å². The van der Waals surface area contributed by atoms with E-state index in [2.05, 4.69) is 118 Å². The summed E-state index contributed by atoms with van der Waals surface area (Å²) in [5.41, 5.74) is 10.4. The van der Waals surface area contributed by atoms with Gasteiger partial charge in [-0.1, -0.05) is 108 Å². The first kappa shape index (κ1) is 22.3. The highest BCUT2D eigenvalue weighted by Crippen LogP contribution is 2.36. The molecule has 0 atom stereocenters. The molecule has 5 rings (SSSR count). The Kier molecular flexibility index (Phi) is 6.03. The standard InChI is InChI=1S/C36H41N2/c1-23(2)31-21-30(29-19-17-28(18-20-29)27-14-10-9-11-15-27)22-32(24(3)4)35(31)38-34-26(7)13-12-16-33(34)37(8)36(38)25(5)6/h9-25H,1-8H3/q+1/i7D3. The average Bonchev–Trinajstić information content (AvgIpc) is 3.24. The molecule has 0 aliphatic rings. The van der Waals surface area contributed by atoms with Gasteiger partial charge in [-0.05, 0) is 59.1 Å². The number of nitrogens with zero attached hydrogens (tertiary/aromatic N) is 2. The summed E-state index contributed by atoms with van der Waals surface area (Å²) in [4.78, 5) is 0. The van der Waals surface area contributed by atoms with Gasteiger partial charge in [-0.2, -0.15) is 4.57 Å². The van der Waals surface area contributed by atoms with E-state index in [1.165, 1.54) is 33.4 Å². The molecule has 38 heavy (non-hydrogen) atoms. The molecule has 1 aromatic heterocycles. The predicted molar refractivity (Wildman–Crippen MR) is 162 cm³/mol. The molecule has 4 aromatic carbocycles. The van der Waals surface area contributed by atoms with Crippen molar-refractivity contribution < 1.29 is 8.68 Å². The Balaban J connectivity index is 1.82. The van der Waals surface area contributed by atoms with E-state index < -0.39 is 6.85 Å². The lowest BCUT2D eigenvalue weighted by Gasteiger charge is -2.21. The maximum atomic E-state index is 8.41. The maximum absolute atomic E-state index is 8.41. The summed E-state index contributed by atoms with van der Waals surface area (Å²) >= 11 is 0. The van der Waals surface area contributed by atoms with Crippen molar-refractivity contribution in [2.24, 2.45) is 7.05 Å². The van der Waals surface area contributed by atoms with E-state index in [1.54, 1.807) is 6.07 Å². The summed E-state index contributed by atoms with van der Waals surface area (Å²) in [6.07, 6.45) is 0. The highest BCUT2D eigenvalue weighted by atomic mass is 15.2. The molecular weight excluding hydrogens is 460 g/mol. The van der Waals surface area contributed by atoms with E-state index in [-0.39, 0.29) is 17.8 Å². The van der Waals surface area contributed by atoms with Crippen molar-refractivity contribution in [2.75, 3.05) is 0 Å². The van der Waals surface area contributed by atoms with Gasteiger partial charge in [0, 0.05) is 20.8 Å². The largest absolute Gasteiger partial charge is 0.265 e. The first-order chi connectivity index (χ1) is 19.4. The molecule has 0 aliphatic heterocycles. The Bertz CT molecular complexity index is 1660. The van der Waals surface area contributed by atoms with E-state index in [4.69, 9.17) is 4.11 Å². The number of rotatable bonds is 6. The molecule has 0 fully saturated rings. The van der Waals surface area contributed by atoms with Crippen molar-refractivity contribution in [3.8, 4) is 27.9 Å². The molecule has 0 N–H and O–H groups in total. The third-order valence-corrected chi connectivity index (χ3v) is 7.65. The van der Waals surface area contributed by atoms with Crippen LogP contribution in [0.1, 0.15) is 85.9 Å². The Labute approximate surface area is 232 Å². The molecule has 0 bridgehead atoms. The minimum absolute atomic E-state index is 0.182. The topological polar surface area (TPSA) is 8.81 Å². The van der Waals surface area contributed by atoms with Crippen LogP contribution in [0.15, 0.2) is 84.9 Å². The van der Waals surface area contributed by atoms with Crippen LogP contribution in [0.4, 0.5) is 0 Å². The third kappa shape index (κ3) is 4.47. The summed E-state index contributed by atoms with van der Waals surface area (Å²) in [5.74, 6) is 1.74. The number of fused-ring (bicyclic) bond motifs is 1. The fourth-order valence-electron chi connectivity index (χ4n) is 5.77. The molecule has 0 aliphatic carbocycles. The normalized spacial score (nSPS) is 13.4. The van der Waals surface area contributed by atoms with Gasteiger partial charge in [0.2, 0.25) is 0 Å². The molecular formula is C36H41N2+. The van der Waals surface area contributed by atoms with Crippen LogP contribution in [0.5, 0.6) is 0 Å². The number of hydrogen-bond donors (Lipinski definition) is 0. The fourth-order valence-corrected chi connectivity index (χ4v) is 5.77. The van der Waals surface area contributed by atoms with Gasteiger partial charge in [0.1, 0.15) is 5.69 Å². The van der Waals surface area contributed by atoms with Crippen molar-refractivity contribution in [3.63, 3.8) is 0 Å². The fraction of sp³-hybridized carbons (Fsp3) is 0.306. The summed E-state index contributed by atoms with van der Waals surface area (Å²) in [6.45, 7) is 11.1. The molecule has 0 saturated carbocycles. The zero-order valence-corrected chi connectivity index (χ0v) is 23.7. The third-order valence-electron chi connectivity index (χ3n) is 7.65. The quantitative estimate of drug-likeness (QED) is 0.204. The number of hydrogen-bond acceptors (Lipinski definition) is 0. The van der Waals surface area contributed by atoms with Crippen molar-refractivity contribution in [1.29, 1.82) is 0 Å². The van der Waals surface area contributed by atoms with Crippen LogP contribution in [0.25, 0.3) is 39.0 Å². The maximum Gasteiger partial charge on any atom is 0.265 e. The smallest absolute Gasteiger partial charge is 0.229 e. The second kappa shape index (κ2) is 10.3. The van der Waals surface area contributed by atoms with Crippen molar-refractivity contribution in [3.05, 3.63) is 107 Å². The van der Waals surface area contributed by atoms with Gasteiger partial charge in [0.25, 0.3) is 5.82 Å². The molecule has 0 amide bonds. The van der Waals surface area contributed by atoms with Gasteiger partial charge in [0.05, 0.1) is 13.0 Å². The van der Waals surface area contributed by atoms with E-state index in [9.17, 15) is 0 Å². The monoisotopic (exact) mass is 504 g/mol. The first-order valence-corrected chi connectivity index (χ1v) is 13.8. The van der Waals surface area contributed by atoms with Crippen LogP contribution in [0.2, 0.25) is 0 Å².